The molecule has 1 N–H and O–H groups in total. The quantitative estimate of drug-likeness (QED) is 0.330. The predicted octanol–water partition coefficient (Wildman–Crippen LogP) is 3.31. The van der Waals surface area contributed by atoms with Crippen LogP contribution in [0.25, 0.3) is 0 Å². The maximum absolute atomic E-state index is 12.8. The summed E-state index contributed by atoms with van der Waals surface area (Å²) in [5.74, 6) is 1.06. The second-order valence-electron chi connectivity index (χ2n) is 7.65. The average molecular weight is 441 g/mol. The summed E-state index contributed by atoms with van der Waals surface area (Å²) in [5.41, 5.74) is 4.76. The van der Waals surface area contributed by atoms with E-state index >= 15 is 0 Å². The van der Waals surface area contributed by atoms with Gasteiger partial charge < -0.3 is 24.4 Å². The molecule has 0 heterocycles. The van der Waals surface area contributed by atoms with Crippen molar-refractivity contribution in [1.29, 1.82) is 0 Å². The second kappa shape index (κ2) is 12.1. The Labute approximate surface area is 189 Å². The highest BCUT2D eigenvalue weighted by Crippen LogP contribution is 2.28. The Morgan fingerprint density at radius 1 is 0.969 bits per heavy atom. The predicted molar refractivity (Wildman–Crippen MR) is 124 cm³/mol. The highest BCUT2D eigenvalue weighted by atomic mass is 16.6. The van der Waals surface area contributed by atoms with E-state index in [1.54, 1.807) is 14.2 Å². The van der Waals surface area contributed by atoms with Crippen molar-refractivity contribution in [2.75, 3.05) is 41.1 Å². The van der Waals surface area contributed by atoms with E-state index in [0.717, 1.165) is 24.0 Å². The van der Waals surface area contributed by atoms with Gasteiger partial charge >= 0.3 is 0 Å². The van der Waals surface area contributed by atoms with E-state index in [1.165, 1.54) is 31.1 Å². The van der Waals surface area contributed by atoms with Gasteiger partial charge in [0.1, 0.15) is 13.7 Å². The summed E-state index contributed by atoms with van der Waals surface area (Å²) < 4.78 is 16.1. The molecule has 7 heteroatoms. The summed E-state index contributed by atoms with van der Waals surface area (Å²) in [5, 5.41) is 6.95. The maximum Gasteiger partial charge on any atom is 0.273 e. The number of benzene rings is 2. The van der Waals surface area contributed by atoms with Crippen LogP contribution in [0.1, 0.15) is 35.1 Å². The summed E-state index contributed by atoms with van der Waals surface area (Å²) in [7, 11) is 4.69. The standard InChI is InChI=1S/C25H32N2O5/c1-29-14-15-32-22-11-8-18(16-23(22)30-2)12-13-26-25(28)24(27-31-3)21-10-9-19-6-4-5-7-20(19)17-21/h8-11,16-17H,4-7,12-15H2,1-3H3,(H,26,28). The van der Waals surface area contributed by atoms with Crippen LogP contribution >= 0.6 is 0 Å². The van der Waals surface area contributed by atoms with Crippen molar-refractivity contribution in [3.63, 3.8) is 0 Å². The molecule has 1 aliphatic rings. The fourth-order valence-electron chi connectivity index (χ4n) is 3.82. The molecule has 0 spiro atoms. The SMILES string of the molecule is COCCOc1ccc(CCNC(=O)C(=NOC)c2ccc3c(c2)CCCC3)cc1OC. The third kappa shape index (κ3) is 6.23. The van der Waals surface area contributed by atoms with Gasteiger partial charge in [-0.3, -0.25) is 4.79 Å². The first-order valence-corrected chi connectivity index (χ1v) is 11.0. The first-order chi connectivity index (χ1) is 15.7. The van der Waals surface area contributed by atoms with E-state index in [9.17, 15) is 4.79 Å². The first kappa shape index (κ1) is 23.6. The van der Waals surface area contributed by atoms with Crippen molar-refractivity contribution >= 4 is 11.6 Å². The lowest BCUT2D eigenvalue weighted by molar-refractivity contribution is -0.114. The number of nitrogens with zero attached hydrogens (tertiary/aromatic N) is 1. The minimum atomic E-state index is -0.255. The molecule has 1 aliphatic carbocycles. The molecule has 0 bridgehead atoms. The average Bonchev–Trinajstić information content (AvgIpc) is 2.83. The van der Waals surface area contributed by atoms with E-state index in [2.05, 4.69) is 22.6 Å². The summed E-state index contributed by atoms with van der Waals surface area (Å²) >= 11 is 0. The van der Waals surface area contributed by atoms with Gasteiger partial charge in [-0.05, 0) is 67.0 Å². The van der Waals surface area contributed by atoms with Crippen molar-refractivity contribution in [3.8, 4) is 11.5 Å². The van der Waals surface area contributed by atoms with Gasteiger partial charge in [-0.15, -0.1) is 0 Å². The number of aryl methyl sites for hydroxylation is 2. The zero-order valence-electron chi connectivity index (χ0n) is 19.1. The number of fused-ring (bicyclic) bond motifs is 1. The second-order valence-corrected chi connectivity index (χ2v) is 7.65. The van der Waals surface area contributed by atoms with Crippen LogP contribution in [0, 0.1) is 0 Å². The molecule has 0 atom stereocenters. The fourth-order valence-corrected chi connectivity index (χ4v) is 3.82. The van der Waals surface area contributed by atoms with Crippen molar-refractivity contribution < 1.29 is 23.8 Å². The number of hydrogen-bond acceptors (Lipinski definition) is 6. The largest absolute Gasteiger partial charge is 0.493 e. The van der Waals surface area contributed by atoms with E-state index in [1.807, 2.05) is 24.3 Å². The topological polar surface area (TPSA) is 78.4 Å². The summed E-state index contributed by atoms with van der Waals surface area (Å²) in [4.78, 5) is 17.8. The number of oxime groups is 1. The third-order valence-electron chi connectivity index (χ3n) is 5.49. The van der Waals surface area contributed by atoms with Crippen molar-refractivity contribution in [1.82, 2.24) is 5.32 Å². The lowest BCUT2D eigenvalue weighted by atomic mass is 9.89. The van der Waals surface area contributed by atoms with Crippen LogP contribution in [-0.4, -0.2) is 52.7 Å². The van der Waals surface area contributed by atoms with Crippen molar-refractivity contribution in [2.45, 2.75) is 32.1 Å². The van der Waals surface area contributed by atoms with Crippen LogP contribution in [0.15, 0.2) is 41.6 Å². The van der Waals surface area contributed by atoms with E-state index < -0.39 is 0 Å². The molecule has 3 rings (SSSR count). The van der Waals surface area contributed by atoms with Crippen LogP contribution in [0.4, 0.5) is 0 Å². The molecule has 172 valence electrons. The Bertz CT molecular complexity index is 942. The summed E-state index contributed by atoms with van der Waals surface area (Å²) in [6.45, 7) is 1.42. The van der Waals surface area contributed by atoms with Crippen LogP contribution < -0.4 is 14.8 Å². The van der Waals surface area contributed by atoms with Crippen molar-refractivity contribution in [3.05, 3.63) is 58.7 Å². The normalized spacial score (nSPS) is 13.3. The molecule has 0 unspecified atom stereocenters. The van der Waals surface area contributed by atoms with Crippen LogP contribution in [0.5, 0.6) is 11.5 Å². The molecule has 0 saturated carbocycles. The summed E-state index contributed by atoms with van der Waals surface area (Å²) in [6, 6.07) is 11.9. The number of hydrogen-bond donors (Lipinski definition) is 1. The number of carbonyl (C=O) groups is 1. The Morgan fingerprint density at radius 3 is 2.53 bits per heavy atom. The highest BCUT2D eigenvalue weighted by Gasteiger charge is 2.18. The Morgan fingerprint density at radius 2 is 1.78 bits per heavy atom. The zero-order valence-corrected chi connectivity index (χ0v) is 19.1. The number of ether oxygens (including phenoxy) is 3. The molecule has 32 heavy (non-hydrogen) atoms. The Kier molecular flexibility index (Phi) is 8.92. The molecular weight excluding hydrogens is 408 g/mol. The van der Waals surface area contributed by atoms with E-state index in [4.69, 9.17) is 19.0 Å². The van der Waals surface area contributed by atoms with Crippen LogP contribution in [-0.2, 0) is 33.6 Å². The first-order valence-electron chi connectivity index (χ1n) is 11.0. The minimum absolute atomic E-state index is 0.255. The Hall–Kier alpha value is -3.06. The number of nitrogens with one attached hydrogen (secondary N) is 1. The van der Waals surface area contributed by atoms with Crippen LogP contribution in [0.3, 0.4) is 0 Å². The van der Waals surface area contributed by atoms with Gasteiger partial charge in [0.25, 0.3) is 5.91 Å². The lowest BCUT2D eigenvalue weighted by Gasteiger charge is -2.17. The lowest BCUT2D eigenvalue weighted by Crippen LogP contribution is -2.33. The van der Waals surface area contributed by atoms with E-state index in [-0.39, 0.29) is 5.91 Å². The number of methoxy groups -OCH3 is 2. The molecule has 2 aromatic rings. The molecule has 2 aromatic carbocycles. The van der Waals surface area contributed by atoms with Gasteiger partial charge in [0.15, 0.2) is 17.2 Å². The highest BCUT2D eigenvalue weighted by molar-refractivity contribution is 6.45. The molecule has 0 aliphatic heterocycles. The van der Waals surface area contributed by atoms with Crippen molar-refractivity contribution in [2.24, 2.45) is 5.16 Å². The molecule has 1 amide bonds. The van der Waals surface area contributed by atoms with Gasteiger partial charge in [-0.25, -0.2) is 0 Å². The summed E-state index contributed by atoms with van der Waals surface area (Å²) in [6.07, 6.45) is 5.18. The van der Waals surface area contributed by atoms with Gasteiger partial charge in [-0.1, -0.05) is 23.4 Å². The smallest absolute Gasteiger partial charge is 0.273 e. The number of rotatable bonds is 11. The molecular formula is C25H32N2O5. The zero-order chi connectivity index (χ0) is 22.8. The number of amides is 1. The van der Waals surface area contributed by atoms with Gasteiger partial charge in [0.2, 0.25) is 0 Å². The molecule has 0 fully saturated rings. The molecule has 0 radical (unpaired) electrons. The fraction of sp³-hybridized carbons (Fsp3) is 0.440. The molecule has 7 nitrogen and oxygen atoms in total. The Balaban J connectivity index is 1.60. The van der Waals surface area contributed by atoms with Gasteiger partial charge in [0.05, 0.1) is 13.7 Å². The molecule has 0 saturated heterocycles. The molecule has 0 aromatic heterocycles. The minimum Gasteiger partial charge on any atom is -0.493 e. The maximum atomic E-state index is 12.8. The monoisotopic (exact) mass is 440 g/mol. The van der Waals surface area contributed by atoms with Crippen LogP contribution in [0.2, 0.25) is 0 Å². The van der Waals surface area contributed by atoms with E-state index in [0.29, 0.717) is 43.4 Å². The van der Waals surface area contributed by atoms with Gasteiger partial charge in [0, 0.05) is 19.2 Å². The van der Waals surface area contributed by atoms with Gasteiger partial charge in [-0.2, -0.15) is 0 Å². The third-order valence-corrected chi connectivity index (χ3v) is 5.49. The number of carbonyl (C=O) groups excluding carboxylic acids is 1.